The number of hydrogen-bond donors (Lipinski definition) is 1. The van der Waals surface area contributed by atoms with Crippen molar-refractivity contribution in [3.05, 3.63) is 47.7 Å². The molecule has 132 valence electrons. The summed E-state index contributed by atoms with van der Waals surface area (Å²) < 4.78 is 5.83. The number of rotatable bonds is 4. The number of piperidine rings is 3. The largest absolute Gasteiger partial charge is 0.451 e. The van der Waals surface area contributed by atoms with Crippen LogP contribution in [0.2, 0.25) is 0 Å². The third-order valence-corrected chi connectivity index (χ3v) is 5.66. The van der Waals surface area contributed by atoms with E-state index in [1.165, 1.54) is 31.5 Å². The molecule has 0 radical (unpaired) electrons. The van der Waals surface area contributed by atoms with Gasteiger partial charge < -0.3 is 14.6 Å². The summed E-state index contributed by atoms with van der Waals surface area (Å²) >= 11 is 0. The van der Waals surface area contributed by atoms with E-state index in [2.05, 4.69) is 48.3 Å². The highest BCUT2D eigenvalue weighted by atomic mass is 16.3. The summed E-state index contributed by atoms with van der Waals surface area (Å²) in [6, 6.07) is 12.3. The number of nitrogens with one attached hydrogen (secondary N) is 1. The van der Waals surface area contributed by atoms with Gasteiger partial charge in [-0.25, -0.2) is 0 Å². The third-order valence-electron chi connectivity index (χ3n) is 5.66. The number of fused-ring (bicyclic) bond motifs is 3. The SMILES string of the molecule is CC(C)c1ccc(-c2ccc(C(=O)NC3CN4CCC3CC4)o2)cc1. The van der Waals surface area contributed by atoms with E-state index < -0.39 is 0 Å². The molecular formula is C21H26N2O2. The smallest absolute Gasteiger partial charge is 0.287 e. The Morgan fingerprint density at radius 1 is 1.12 bits per heavy atom. The molecule has 1 aromatic carbocycles. The molecule has 3 aliphatic rings. The lowest BCUT2D eigenvalue weighted by Gasteiger charge is -2.44. The highest BCUT2D eigenvalue weighted by molar-refractivity contribution is 5.92. The molecular weight excluding hydrogens is 312 g/mol. The minimum absolute atomic E-state index is 0.0937. The van der Waals surface area contributed by atoms with E-state index in [1.807, 2.05) is 6.07 Å². The molecule has 1 amide bonds. The monoisotopic (exact) mass is 338 g/mol. The van der Waals surface area contributed by atoms with Gasteiger partial charge in [-0.05, 0) is 55.5 Å². The van der Waals surface area contributed by atoms with E-state index >= 15 is 0 Å². The van der Waals surface area contributed by atoms with Crippen molar-refractivity contribution in [3.63, 3.8) is 0 Å². The van der Waals surface area contributed by atoms with Crippen LogP contribution in [0.4, 0.5) is 0 Å². The molecule has 1 atom stereocenters. The quantitative estimate of drug-likeness (QED) is 0.920. The van der Waals surface area contributed by atoms with Crippen molar-refractivity contribution in [2.75, 3.05) is 19.6 Å². The van der Waals surface area contributed by atoms with Gasteiger partial charge >= 0.3 is 0 Å². The third kappa shape index (κ3) is 3.36. The second-order valence-electron chi connectivity index (χ2n) is 7.66. The zero-order valence-corrected chi connectivity index (χ0v) is 15.0. The molecule has 3 fully saturated rings. The van der Waals surface area contributed by atoms with Gasteiger partial charge in [0, 0.05) is 18.2 Å². The number of nitrogens with zero attached hydrogens (tertiary/aromatic N) is 1. The van der Waals surface area contributed by atoms with Crippen molar-refractivity contribution in [3.8, 4) is 11.3 Å². The molecule has 25 heavy (non-hydrogen) atoms. The molecule has 4 nitrogen and oxygen atoms in total. The first-order chi connectivity index (χ1) is 12.1. The van der Waals surface area contributed by atoms with Crippen LogP contribution in [0.3, 0.4) is 0 Å². The topological polar surface area (TPSA) is 45.5 Å². The van der Waals surface area contributed by atoms with Crippen molar-refractivity contribution in [2.24, 2.45) is 5.92 Å². The number of carbonyl (C=O) groups is 1. The molecule has 1 unspecified atom stereocenters. The van der Waals surface area contributed by atoms with E-state index in [4.69, 9.17) is 4.42 Å². The molecule has 0 saturated carbocycles. The predicted molar refractivity (Wildman–Crippen MR) is 98.7 cm³/mol. The average Bonchev–Trinajstić information content (AvgIpc) is 3.13. The van der Waals surface area contributed by atoms with Gasteiger partial charge in [-0.2, -0.15) is 0 Å². The van der Waals surface area contributed by atoms with Gasteiger partial charge in [0.05, 0.1) is 0 Å². The lowest BCUT2D eigenvalue weighted by molar-refractivity contribution is 0.0606. The van der Waals surface area contributed by atoms with E-state index in [1.54, 1.807) is 6.07 Å². The lowest BCUT2D eigenvalue weighted by atomic mass is 9.84. The molecule has 2 aromatic rings. The number of benzene rings is 1. The summed E-state index contributed by atoms with van der Waals surface area (Å²) in [4.78, 5) is 15.0. The Bertz CT molecular complexity index is 740. The number of amides is 1. The van der Waals surface area contributed by atoms with Gasteiger partial charge in [-0.3, -0.25) is 4.79 Å². The number of hydrogen-bond acceptors (Lipinski definition) is 3. The summed E-state index contributed by atoms with van der Waals surface area (Å²) in [7, 11) is 0. The van der Waals surface area contributed by atoms with E-state index in [-0.39, 0.29) is 11.9 Å². The average molecular weight is 338 g/mol. The molecule has 2 bridgehead atoms. The van der Waals surface area contributed by atoms with Gasteiger partial charge in [-0.15, -0.1) is 0 Å². The molecule has 1 N–H and O–H groups in total. The molecule has 5 rings (SSSR count). The minimum atomic E-state index is -0.0937. The number of carbonyl (C=O) groups excluding carboxylic acids is 1. The van der Waals surface area contributed by atoms with Crippen LogP contribution in [0.1, 0.15) is 48.7 Å². The molecule has 4 heterocycles. The summed E-state index contributed by atoms with van der Waals surface area (Å²) in [6.07, 6.45) is 2.38. The van der Waals surface area contributed by atoms with Gasteiger partial charge in [0.15, 0.2) is 5.76 Å². The summed E-state index contributed by atoms with van der Waals surface area (Å²) in [6.45, 7) is 7.68. The molecule has 4 heteroatoms. The Labute approximate surface area is 149 Å². The Hall–Kier alpha value is -2.07. The molecule has 3 saturated heterocycles. The Morgan fingerprint density at radius 2 is 1.84 bits per heavy atom. The van der Waals surface area contributed by atoms with Crippen molar-refractivity contribution < 1.29 is 9.21 Å². The van der Waals surface area contributed by atoms with Crippen molar-refractivity contribution in [2.45, 2.75) is 38.6 Å². The maximum absolute atomic E-state index is 12.6. The van der Waals surface area contributed by atoms with Crippen LogP contribution in [0.5, 0.6) is 0 Å². The van der Waals surface area contributed by atoms with Gasteiger partial charge in [0.2, 0.25) is 0 Å². The van der Waals surface area contributed by atoms with Crippen molar-refractivity contribution in [1.82, 2.24) is 10.2 Å². The van der Waals surface area contributed by atoms with Crippen LogP contribution >= 0.6 is 0 Å². The number of furan rings is 1. The Morgan fingerprint density at radius 3 is 2.44 bits per heavy atom. The highest BCUT2D eigenvalue weighted by Gasteiger charge is 2.35. The van der Waals surface area contributed by atoms with Crippen molar-refractivity contribution in [1.29, 1.82) is 0 Å². The van der Waals surface area contributed by atoms with E-state index in [9.17, 15) is 4.79 Å². The van der Waals surface area contributed by atoms with Gasteiger partial charge in [0.25, 0.3) is 5.91 Å². The fourth-order valence-electron chi connectivity index (χ4n) is 4.02. The first-order valence-electron chi connectivity index (χ1n) is 9.33. The van der Waals surface area contributed by atoms with Gasteiger partial charge in [-0.1, -0.05) is 38.1 Å². The van der Waals surface area contributed by atoms with Crippen LogP contribution in [-0.2, 0) is 0 Å². The second-order valence-corrected chi connectivity index (χ2v) is 7.66. The second kappa shape index (κ2) is 6.68. The molecule has 0 spiro atoms. The molecule has 3 aliphatic heterocycles. The highest BCUT2D eigenvalue weighted by Crippen LogP contribution is 2.28. The van der Waals surface area contributed by atoms with Crippen molar-refractivity contribution >= 4 is 5.91 Å². The molecule has 0 aliphatic carbocycles. The standard InChI is InChI=1S/C21H26N2O2/c1-14(2)15-3-5-17(6-4-15)19-7-8-20(25-19)21(24)22-18-13-23-11-9-16(18)10-12-23/h3-8,14,16,18H,9-13H2,1-2H3,(H,22,24). The minimum Gasteiger partial charge on any atom is -0.451 e. The van der Waals surface area contributed by atoms with E-state index in [0.29, 0.717) is 17.6 Å². The van der Waals surface area contributed by atoms with Crippen LogP contribution in [0.15, 0.2) is 40.8 Å². The fourth-order valence-corrected chi connectivity index (χ4v) is 4.02. The van der Waals surface area contributed by atoms with Crippen LogP contribution in [0, 0.1) is 5.92 Å². The zero-order chi connectivity index (χ0) is 17.4. The van der Waals surface area contributed by atoms with Crippen LogP contribution in [-0.4, -0.2) is 36.5 Å². The first kappa shape index (κ1) is 16.4. The van der Waals surface area contributed by atoms with Crippen LogP contribution < -0.4 is 5.32 Å². The zero-order valence-electron chi connectivity index (χ0n) is 15.0. The normalized spacial score (nSPS) is 25.3. The lowest BCUT2D eigenvalue weighted by Crippen LogP contribution is -2.57. The summed E-state index contributed by atoms with van der Waals surface area (Å²) in [5.41, 5.74) is 2.31. The maximum Gasteiger partial charge on any atom is 0.287 e. The fraction of sp³-hybridized carbons (Fsp3) is 0.476. The van der Waals surface area contributed by atoms with E-state index in [0.717, 1.165) is 17.9 Å². The Kier molecular flexibility index (Phi) is 4.38. The Balaban J connectivity index is 1.44. The van der Waals surface area contributed by atoms with Gasteiger partial charge in [0.1, 0.15) is 5.76 Å². The summed E-state index contributed by atoms with van der Waals surface area (Å²) in [5.74, 6) is 2.18. The molecule has 1 aromatic heterocycles. The first-order valence-corrected chi connectivity index (χ1v) is 9.33. The maximum atomic E-state index is 12.6. The van der Waals surface area contributed by atoms with Crippen LogP contribution in [0.25, 0.3) is 11.3 Å². The summed E-state index contributed by atoms with van der Waals surface area (Å²) in [5, 5.41) is 3.18. The predicted octanol–water partition coefficient (Wildman–Crippen LogP) is 3.89.